The van der Waals surface area contributed by atoms with E-state index in [1.54, 1.807) is 12.1 Å². The fourth-order valence-corrected chi connectivity index (χ4v) is 6.32. The molecule has 2 heterocycles. The zero-order chi connectivity index (χ0) is 25.4. The first-order valence-corrected chi connectivity index (χ1v) is 13.2. The van der Waals surface area contributed by atoms with E-state index in [0.717, 1.165) is 28.9 Å². The lowest BCUT2D eigenvalue weighted by Crippen LogP contribution is -2.18. The Balaban J connectivity index is 1.18. The van der Waals surface area contributed by atoms with Gasteiger partial charge in [0.15, 0.2) is 15.7 Å². The standard InChI is InChI=1S/C24H24N4O7S/c1-14-22(26-27-23(14)25-17-3-9-21-15(12-17)10-11-36(21,32)33)16-2-6-20(13-16)35-24(29)34-19-7-4-18(5-8-19)28(30)31/h3-5,7-9,12,16,20H,2,6,10-11,13H2,1H3,(H2,25,26,27)/t16-,20+/m1/s1. The summed E-state index contributed by atoms with van der Waals surface area (Å²) < 4.78 is 34.7. The molecule has 2 atom stereocenters. The summed E-state index contributed by atoms with van der Waals surface area (Å²) in [5.74, 6) is 1.09. The summed E-state index contributed by atoms with van der Waals surface area (Å²) in [7, 11) is -3.17. The molecule has 0 spiro atoms. The molecule has 1 aromatic heterocycles. The number of non-ortho nitro benzene ring substituents is 1. The predicted octanol–water partition coefficient (Wildman–Crippen LogP) is 4.55. The molecule has 36 heavy (non-hydrogen) atoms. The minimum Gasteiger partial charge on any atom is -0.431 e. The number of nitro groups is 1. The van der Waals surface area contributed by atoms with Crippen molar-refractivity contribution in [3.8, 4) is 5.75 Å². The Kier molecular flexibility index (Phi) is 6.12. The van der Waals surface area contributed by atoms with Gasteiger partial charge >= 0.3 is 6.16 Å². The summed E-state index contributed by atoms with van der Waals surface area (Å²) in [6, 6.07) is 10.4. The summed E-state index contributed by atoms with van der Waals surface area (Å²) >= 11 is 0. The summed E-state index contributed by atoms with van der Waals surface area (Å²) in [6.07, 6.45) is 1.41. The molecule has 3 aromatic rings. The second kappa shape index (κ2) is 9.26. The molecule has 1 aliphatic carbocycles. The highest BCUT2D eigenvalue weighted by atomic mass is 32.2. The number of nitrogens with zero attached hydrogens (tertiary/aromatic N) is 2. The number of nitro benzene ring substituents is 1. The average Bonchev–Trinajstić information content (AvgIpc) is 3.52. The molecule has 1 fully saturated rings. The van der Waals surface area contributed by atoms with Crippen molar-refractivity contribution in [3.05, 3.63) is 69.4 Å². The fourth-order valence-electron chi connectivity index (χ4n) is 4.78. The van der Waals surface area contributed by atoms with Gasteiger partial charge in [-0.15, -0.1) is 0 Å². The van der Waals surface area contributed by atoms with E-state index < -0.39 is 20.9 Å². The Morgan fingerprint density at radius 3 is 2.72 bits per heavy atom. The monoisotopic (exact) mass is 512 g/mol. The molecule has 1 saturated carbocycles. The van der Waals surface area contributed by atoms with Crippen LogP contribution in [-0.2, 0) is 21.0 Å². The minimum absolute atomic E-state index is 0.0951. The van der Waals surface area contributed by atoms with Crippen LogP contribution in [0.25, 0.3) is 0 Å². The smallest absolute Gasteiger partial charge is 0.431 e. The molecule has 0 saturated heterocycles. The van der Waals surface area contributed by atoms with Crippen molar-refractivity contribution in [2.45, 2.75) is 49.5 Å². The van der Waals surface area contributed by atoms with Gasteiger partial charge in [-0.3, -0.25) is 15.2 Å². The van der Waals surface area contributed by atoms with Crippen molar-refractivity contribution in [3.63, 3.8) is 0 Å². The predicted molar refractivity (Wildman–Crippen MR) is 129 cm³/mol. The molecule has 5 rings (SSSR count). The lowest BCUT2D eigenvalue weighted by atomic mass is 10.0. The van der Waals surface area contributed by atoms with E-state index in [4.69, 9.17) is 9.47 Å². The van der Waals surface area contributed by atoms with Crippen LogP contribution < -0.4 is 10.1 Å². The molecule has 0 unspecified atom stereocenters. The third-order valence-corrected chi connectivity index (χ3v) is 8.46. The van der Waals surface area contributed by atoms with Gasteiger partial charge in [-0.05, 0) is 68.5 Å². The van der Waals surface area contributed by atoms with E-state index in [-0.39, 0.29) is 29.2 Å². The number of rotatable bonds is 6. The van der Waals surface area contributed by atoms with E-state index >= 15 is 0 Å². The topological polar surface area (TPSA) is 154 Å². The maximum atomic E-state index is 12.2. The van der Waals surface area contributed by atoms with Crippen molar-refractivity contribution >= 4 is 33.2 Å². The number of benzene rings is 2. The van der Waals surface area contributed by atoms with E-state index in [0.29, 0.717) is 30.0 Å². The highest BCUT2D eigenvalue weighted by molar-refractivity contribution is 7.91. The number of aryl methyl sites for hydroxylation is 1. The SMILES string of the molecule is Cc1c(Nc2ccc3c(c2)CCS3(=O)=O)n[nH]c1[C@@H]1CC[C@H](OC(=O)Oc2ccc([N+](=O)[O-])cc2)C1. The fraction of sp³-hybridized carbons (Fsp3) is 0.333. The average molecular weight is 513 g/mol. The second-order valence-corrected chi connectivity index (χ2v) is 11.1. The van der Waals surface area contributed by atoms with E-state index in [1.807, 2.05) is 13.0 Å². The number of hydrogen-bond acceptors (Lipinski definition) is 9. The van der Waals surface area contributed by atoms with Crippen molar-refractivity contribution in [2.75, 3.05) is 11.1 Å². The number of aromatic amines is 1. The lowest BCUT2D eigenvalue weighted by molar-refractivity contribution is -0.384. The number of nitrogens with one attached hydrogen (secondary N) is 2. The van der Waals surface area contributed by atoms with Gasteiger partial charge in [0, 0.05) is 35.0 Å². The molecule has 2 aromatic carbocycles. The van der Waals surface area contributed by atoms with Crippen LogP contribution in [0, 0.1) is 17.0 Å². The van der Waals surface area contributed by atoms with E-state index in [1.165, 1.54) is 24.3 Å². The van der Waals surface area contributed by atoms with Crippen LogP contribution in [-0.4, -0.2) is 41.6 Å². The van der Waals surface area contributed by atoms with E-state index in [9.17, 15) is 23.3 Å². The Labute approximate surface area is 206 Å². The first-order valence-electron chi connectivity index (χ1n) is 11.5. The number of ether oxygens (including phenoxy) is 2. The van der Waals surface area contributed by atoms with Gasteiger partial charge in [-0.2, -0.15) is 5.10 Å². The summed E-state index contributed by atoms with van der Waals surface area (Å²) in [6.45, 7) is 1.95. The van der Waals surface area contributed by atoms with Gasteiger partial charge in [0.25, 0.3) is 5.69 Å². The van der Waals surface area contributed by atoms with Gasteiger partial charge in [-0.25, -0.2) is 13.2 Å². The number of H-pyrrole nitrogens is 1. The number of sulfone groups is 1. The molecule has 1 aliphatic heterocycles. The van der Waals surface area contributed by atoms with Crippen molar-refractivity contribution < 1.29 is 27.6 Å². The molecule has 0 amide bonds. The van der Waals surface area contributed by atoms with Crippen molar-refractivity contribution in [2.24, 2.45) is 0 Å². The Hall–Kier alpha value is -3.93. The first-order chi connectivity index (χ1) is 17.2. The number of fused-ring (bicyclic) bond motifs is 1. The van der Waals surface area contributed by atoms with Crippen LogP contribution in [0.1, 0.15) is 42.0 Å². The Morgan fingerprint density at radius 2 is 1.97 bits per heavy atom. The van der Waals surface area contributed by atoms with Crippen LogP contribution >= 0.6 is 0 Å². The van der Waals surface area contributed by atoms with Crippen LogP contribution in [0.5, 0.6) is 5.75 Å². The second-order valence-electron chi connectivity index (χ2n) is 8.98. The zero-order valence-electron chi connectivity index (χ0n) is 19.4. The highest BCUT2D eigenvalue weighted by Gasteiger charge is 2.32. The molecule has 0 bridgehead atoms. The molecular weight excluding hydrogens is 488 g/mol. The molecule has 2 N–H and O–H groups in total. The largest absolute Gasteiger partial charge is 0.514 e. The maximum Gasteiger partial charge on any atom is 0.514 e. The molecule has 2 aliphatic rings. The normalized spacial score (nSPS) is 20.0. The zero-order valence-corrected chi connectivity index (χ0v) is 20.2. The maximum absolute atomic E-state index is 12.2. The lowest BCUT2D eigenvalue weighted by Gasteiger charge is -2.13. The first kappa shape index (κ1) is 23.8. The minimum atomic E-state index is -3.17. The van der Waals surface area contributed by atoms with Gasteiger partial charge < -0.3 is 14.8 Å². The van der Waals surface area contributed by atoms with Crippen LogP contribution in [0.3, 0.4) is 0 Å². The molecule has 0 radical (unpaired) electrons. The van der Waals surface area contributed by atoms with Gasteiger partial charge in [0.2, 0.25) is 0 Å². The summed E-state index contributed by atoms with van der Waals surface area (Å²) in [5.41, 5.74) is 3.39. The summed E-state index contributed by atoms with van der Waals surface area (Å²) in [5, 5.41) is 21.5. The number of hydrogen-bond donors (Lipinski definition) is 2. The van der Waals surface area contributed by atoms with Gasteiger partial charge in [0.05, 0.1) is 15.6 Å². The molecule has 11 nitrogen and oxygen atoms in total. The number of anilines is 2. The number of carbonyl (C=O) groups excluding carboxylic acids is 1. The Morgan fingerprint density at radius 1 is 1.19 bits per heavy atom. The van der Waals surface area contributed by atoms with Crippen LogP contribution in [0.4, 0.5) is 22.0 Å². The van der Waals surface area contributed by atoms with Crippen LogP contribution in [0.15, 0.2) is 47.4 Å². The number of carbonyl (C=O) groups is 1. The molecule has 188 valence electrons. The molecular formula is C24H24N4O7S. The highest BCUT2D eigenvalue weighted by Crippen LogP contribution is 2.39. The summed E-state index contributed by atoms with van der Waals surface area (Å²) in [4.78, 5) is 22.8. The third-order valence-electron chi connectivity index (χ3n) is 6.65. The van der Waals surface area contributed by atoms with E-state index in [2.05, 4.69) is 15.5 Å². The van der Waals surface area contributed by atoms with Crippen molar-refractivity contribution in [1.82, 2.24) is 10.2 Å². The number of aromatic nitrogens is 2. The molecule has 12 heteroatoms. The van der Waals surface area contributed by atoms with Gasteiger partial charge in [0.1, 0.15) is 11.9 Å². The van der Waals surface area contributed by atoms with Crippen molar-refractivity contribution in [1.29, 1.82) is 0 Å². The quantitative estimate of drug-likeness (QED) is 0.209. The van der Waals surface area contributed by atoms with Gasteiger partial charge in [-0.1, -0.05) is 0 Å². The van der Waals surface area contributed by atoms with Crippen LogP contribution in [0.2, 0.25) is 0 Å². The third kappa shape index (κ3) is 4.76. The Bertz CT molecular complexity index is 1430.